The highest BCUT2D eigenvalue weighted by Gasteiger charge is 2.33. The van der Waals surface area contributed by atoms with Crippen LogP contribution in [0.15, 0.2) is 72.9 Å². The van der Waals surface area contributed by atoms with Gasteiger partial charge in [0.1, 0.15) is 29.5 Å². The predicted octanol–water partition coefficient (Wildman–Crippen LogP) is 6.13. The first-order chi connectivity index (χ1) is 21.7. The summed E-state index contributed by atoms with van der Waals surface area (Å²) in [6.07, 6.45) is 3.06. The second-order valence-electron chi connectivity index (χ2n) is 11.8. The van der Waals surface area contributed by atoms with Gasteiger partial charge in [-0.05, 0) is 74.6 Å². The molecule has 0 bridgehead atoms. The molecule has 1 aliphatic heterocycles. The number of amides is 3. The van der Waals surface area contributed by atoms with Crippen LogP contribution >= 0.6 is 0 Å². The zero-order valence-corrected chi connectivity index (χ0v) is 26.3. The minimum atomic E-state index is -0.878. The number of nitrogens with zero attached hydrogens (tertiary/aromatic N) is 2. The molecule has 238 valence electrons. The van der Waals surface area contributed by atoms with Crippen molar-refractivity contribution < 1.29 is 23.5 Å². The number of anilines is 1. The predicted molar refractivity (Wildman–Crippen MR) is 174 cm³/mol. The third-order valence-electron chi connectivity index (χ3n) is 8.12. The maximum absolute atomic E-state index is 14.1. The van der Waals surface area contributed by atoms with E-state index in [2.05, 4.69) is 20.5 Å². The fourth-order valence-electron chi connectivity index (χ4n) is 5.80. The van der Waals surface area contributed by atoms with Crippen LogP contribution in [0.4, 0.5) is 14.9 Å². The van der Waals surface area contributed by atoms with Crippen molar-refractivity contribution in [3.05, 3.63) is 89.9 Å². The summed E-state index contributed by atoms with van der Waals surface area (Å²) in [5, 5.41) is 7.13. The lowest BCUT2D eigenvalue weighted by molar-refractivity contribution is -0.118. The minimum Gasteiger partial charge on any atom is -0.492 e. The van der Waals surface area contributed by atoms with E-state index in [9.17, 15) is 14.0 Å². The first-order valence-corrected chi connectivity index (χ1v) is 15.5. The molecule has 5 rings (SSSR count). The van der Waals surface area contributed by atoms with Crippen molar-refractivity contribution >= 4 is 28.5 Å². The van der Waals surface area contributed by atoms with Gasteiger partial charge in [-0.1, -0.05) is 31.2 Å². The number of fused-ring (bicyclic) bond motifs is 1. The molecule has 3 amide bonds. The van der Waals surface area contributed by atoms with E-state index in [1.165, 1.54) is 12.1 Å². The van der Waals surface area contributed by atoms with E-state index in [0.29, 0.717) is 56.3 Å². The van der Waals surface area contributed by atoms with Crippen LogP contribution in [0.5, 0.6) is 11.5 Å². The molecular weight excluding hydrogens is 573 g/mol. The van der Waals surface area contributed by atoms with Gasteiger partial charge in [0.15, 0.2) is 0 Å². The normalized spacial score (nSPS) is 15.1. The lowest BCUT2D eigenvalue weighted by Crippen LogP contribution is -2.53. The smallest absolute Gasteiger partial charge is 0.318 e. The van der Waals surface area contributed by atoms with Gasteiger partial charge in [0, 0.05) is 55.5 Å². The minimum absolute atomic E-state index is 0.0878. The van der Waals surface area contributed by atoms with Gasteiger partial charge in [-0.25, -0.2) is 9.18 Å². The average molecular weight is 616 g/mol. The number of rotatable bonds is 11. The van der Waals surface area contributed by atoms with E-state index in [0.717, 1.165) is 22.0 Å². The van der Waals surface area contributed by atoms with Gasteiger partial charge in [0.05, 0.1) is 12.3 Å². The molecule has 3 N–H and O–H groups in total. The van der Waals surface area contributed by atoms with Crippen LogP contribution in [-0.4, -0.2) is 72.7 Å². The first-order valence-electron chi connectivity index (χ1n) is 15.5. The number of nitrogens with one attached hydrogen (secondary N) is 3. The molecule has 9 nitrogen and oxygen atoms in total. The Hall–Kier alpha value is -4.57. The number of aromatic nitrogens is 1. The van der Waals surface area contributed by atoms with E-state index in [1.807, 2.05) is 76.6 Å². The molecule has 0 saturated carbocycles. The molecule has 2 atom stereocenters. The highest BCUT2D eigenvalue weighted by atomic mass is 19.1. The summed E-state index contributed by atoms with van der Waals surface area (Å²) < 4.78 is 25.1. The summed E-state index contributed by atoms with van der Waals surface area (Å²) in [5.74, 6) is 0.166. The van der Waals surface area contributed by atoms with Crippen LogP contribution in [0.25, 0.3) is 10.9 Å². The molecule has 2 unspecified atom stereocenters. The molecule has 0 radical (unpaired) electrons. The standard InChI is InChI=1S/C35H42FN5O4/c1-5-44-32-15-10-24(22-40(3)4)20-31(32)38-34(42)33(23(2)29-21-37-30-9-7-6-8-28(29)30)39-35(43)41-18-16-27(17-19-41)45-26-13-11-25(36)12-14-26/h6-15,20-21,23,27,33,37H,5,16-19,22H2,1-4H3,(H,38,42)(H,39,43). The number of benzene rings is 3. The number of H-pyrrole nitrogens is 1. The molecule has 0 aliphatic carbocycles. The van der Waals surface area contributed by atoms with Gasteiger partial charge >= 0.3 is 6.03 Å². The number of urea groups is 1. The van der Waals surface area contributed by atoms with E-state index in [-0.39, 0.29) is 29.8 Å². The second kappa shape index (κ2) is 14.5. The molecule has 2 heterocycles. The Kier molecular flexibility index (Phi) is 10.2. The first kappa shape index (κ1) is 31.8. The van der Waals surface area contributed by atoms with Gasteiger partial charge < -0.3 is 34.9 Å². The van der Waals surface area contributed by atoms with E-state index in [4.69, 9.17) is 9.47 Å². The lowest BCUT2D eigenvalue weighted by Gasteiger charge is -2.34. The van der Waals surface area contributed by atoms with Crippen molar-refractivity contribution in [2.24, 2.45) is 0 Å². The van der Waals surface area contributed by atoms with Crippen LogP contribution in [0, 0.1) is 5.82 Å². The number of halogens is 1. The number of piperidine rings is 1. The molecule has 45 heavy (non-hydrogen) atoms. The number of aromatic amines is 1. The summed E-state index contributed by atoms with van der Waals surface area (Å²) in [6.45, 7) is 5.93. The Morgan fingerprint density at radius 1 is 1.07 bits per heavy atom. The summed E-state index contributed by atoms with van der Waals surface area (Å²) in [6, 6.07) is 18.5. The number of ether oxygens (including phenoxy) is 2. The Morgan fingerprint density at radius 3 is 2.51 bits per heavy atom. The monoisotopic (exact) mass is 615 g/mol. The fourth-order valence-corrected chi connectivity index (χ4v) is 5.80. The van der Waals surface area contributed by atoms with Crippen molar-refractivity contribution in [3.63, 3.8) is 0 Å². The Morgan fingerprint density at radius 2 is 1.80 bits per heavy atom. The van der Waals surface area contributed by atoms with Crippen molar-refractivity contribution in [1.82, 2.24) is 20.1 Å². The van der Waals surface area contributed by atoms with Crippen LogP contribution in [0.2, 0.25) is 0 Å². The number of likely N-dealkylation sites (tertiary alicyclic amines) is 1. The SMILES string of the molecule is CCOc1ccc(CN(C)C)cc1NC(=O)C(NC(=O)N1CCC(Oc2ccc(F)cc2)CC1)C(C)c1c[nH]c2ccccc12. The van der Waals surface area contributed by atoms with Gasteiger partial charge in [0.2, 0.25) is 5.91 Å². The topological polar surface area (TPSA) is 98.9 Å². The summed E-state index contributed by atoms with van der Waals surface area (Å²) >= 11 is 0. The molecule has 1 fully saturated rings. The molecule has 10 heteroatoms. The molecule has 3 aromatic carbocycles. The number of carbonyl (C=O) groups is 2. The van der Waals surface area contributed by atoms with E-state index < -0.39 is 6.04 Å². The summed E-state index contributed by atoms with van der Waals surface area (Å²) in [7, 11) is 3.97. The van der Waals surface area contributed by atoms with Gasteiger partial charge in [-0.2, -0.15) is 0 Å². The molecule has 4 aromatic rings. The van der Waals surface area contributed by atoms with Gasteiger partial charge in [-0.3, -0.25) is 4.79 Å². The van der Waals surface area contributed by atoms with Crippen LogP contribution in [0.1, 0.15) is 43.7 Å². The van der Waals surface area contributed by atoms with E-state index >= 15 is 0 Å². The zero-order chi connectivity index (χ0) is 31.9. The van der Waals surface area contributed by atoms with E-state index in [1.54, 1.807) is 17.0 Å². The van der Waals surface area contributed by atoms with Crippen molar-refractivity contribution in [1.29, 1.82) is 0 Å². The zero-order valence-electron chi connectivity index (χ0n) is 26.3. The molecule has 1 aliphatic rings. The van der Waals surface area contributed by atoms with Crippen molar-refractivity contribution in [3.8, 4) is 11.5 Å². The molecule has 1 saturated heterocycles. The second-order valence-corrected chi connectivity index (χ2v) is 11.8. The largest absolute Gasteiger partial charge is 0.492 e. The Labute approximate surface area is 263 Å². The van der Waals surface area contributed by atoms with Crippen molar-refractivity contribution in [2.45, 2.75) is 51.3 Å². The third-order valence-corrected chi connectivity index (χ3v) is 8.12. The lowest BCUT2D eigenvalue weighted by atomic mass is 9.92. The number of hydrogen-bond donors (Lipinski definition) is 3. The maximum atomic E-state index is 14.1. The number of carbonyl (C=O) groups excluding carboxylic acids is 2. The Bertz CT molecular complexity index is 1600. The van der Waals surface area contributed by atoms with Gasteiger partial charge in [0.25, 0.3) is 0 Å². The highest BCUT2D eigenvalue weighted by molar-refractivity contribution is 5.99. The number of para-hydroxylation sites is 1. The summed E-state index contributed by atoms with van der Waals surface area (Å²) in [5.41, 5.74) is 3.48. The van der Waals surface area contributed by atoms with Crippen molar-refractivity contribution in [2.75, 3.05) is 39.1 Å². The molecule has 0 spiro atoms. The third kappa shape index (κ3) is 7.94. The summed E-state index contributed by atoms with van der Waals surface area (Å²) in [4.78, 5) is 34.8. The molecule has 1 aromatic heterocycles. The maximum Gasteiger partial charge on any atom is 0.318 e. The quantitative estimate of drug-likeness (QED) is 0.189. The van der Waals surface area contributed by atoms with Crippen LogP contribution < -0.4 is 20.1 Å². The van der Waals surface area contributed by atoms with Gasteiger partial charge in [-0.15, -0.1) is 0 Å². The van der Waals surface area contributed by atoms with Crippen LogP contribution in [-0.2, 0) is 11.3 Å². The van der Waals surface area contributed by atoms with Crippen LogP contribution in [0.3, 0.4) is 0 Å². The number of hydrogen-bond acceptors (Lipinski definition) is 5. The molecular formula is C35H42FN5O4. The average Bonchev–Trinajstić information content (AvgIpc) is 3.46. The highest BCUT2D eigenvalue weighted by Crippen LogP contribution is 2.31. The fraction of sp³-hybridized carbons (Fsp3) is 0.371. The Balaban J connectivity index is 1.34.